The van der Waals surface area contributed by atoms with Gasteiger partial charge in [0.25, 0.3) is 0 Å². The Bertz CT molecular complexity index is 226. The second-order valence-corrected chi connectivity index (χ2v) is 5.06. The van der Waals surface area contributed by atoms with Gasteiger partial charge in [-0.1, -0.05) is 34.6 Å². The second-order valence-electron chi connectivity index (χ2n) is 5.06. The first-order valence-corrected chi connectivity index (χ1v) is 4.97. The topological polar surface area (TPSA) is 46.2 Å². The predicted molar refractivity (Wildman–Crippen MR) is 56.9 cm³/mol. The van der Waals surface area contributed by atoms with E-state index in [1.807, 2.05) is 34.6 Å². The molecule has 82 valence electrons. The molecule has 0 saturated carbocycles. The van der Waals surface area contributed by atoms with Crippen molar-refractivity contribution in [3.05, 3.63) is 0 Å². The van der Waals surface area contributed by atoms with Crippen LogP contribution in [0.3, 0.4) is 0 Å². The number of carbonyl (C=O) groups is 2. The third kappa shape index (κ3) is 3.90. The third-order valence-electron chi connectivity index (χ3n) is 2.07. The fraction of sp³-hybridized carbons (Fsp3) is 0.818. The summed E-state index contributed by atoms with van der Waals surface area (Å²) in [5.74, 6) is 0.0720. The summed E-state index contributed by atoms with van der Waals surface area (Å²) in [6.45, 7) is 10.9. The van der Waals surface area contributed by atoms with Crippen molar-refractivity contribution in [2.45, 2.75) is 47.6 Å². The molecule has 0 aromatic rings. The molecular formula is C11H21NO2. The van der Waals surface area contributed by atoms with Gasteiger partial charge in [-0.05, 0) is 12.8 Å². The number of Topliss-reactive ketones (excluding diaryl/α,β-unsaturated/α-hetero) is 1. The van der Waals surface area contributed by atoms with Gasteiger partial charge in [-0.15, -0.1) is 0 Å². The molecule has 0 bridgehead atoms. The number of hydrogen-bond donors (Lipinski definition) is 1. The van der Waals surface area contributed by atoms with E-state index in [9.17, 15) is 9.59 Å². The van der Waals surface area contributed by atoms with Crippen molar-refractivity contribution < 1.29 is 9.59 Å². The smallest absolute Gasteiger partial charge is 0.225 e. The zero-order valence-electron chi connectivity index (χ0n) is 9.97. The van der Waals surface area contributed by atoms with Crippen molar-refractivity contribution in [1.82, 2.24) is 5.32 Å². The van der Waals surface area contributed by atoms with Crippen LogP contribution in [0, 0.1) is 11.3 Å². The summed E-state index contributed by atoms with van der Waals surface area (Å²) in [4.78, 5) is 22.9. The molecule has 0 saturated heterocycles. The number of hydrogen-bond acceptors (Lipinski definition) is 2. The van der Waals surface area contributed by atoms with Gasteiger partial charge >= 0.3 is 0 Å². The van der Waals surface area contributed by atoms with Crippen molar-refractivity contribution in [1.29, 1.82) is 0 Å². The summed E-state index contributed by atoms with van der Waals surface area (Å²) < 4.78 is 0. The molecule has 3 nitrogen and oxygen atoms in total. The Morgan fingerprint density at radius 2 is 1.57 bits per heavy atom. The highest BCUT2D eigenvalue weighted by atomic mass is 16.2. The fourth-order valence-corrected chi connectivity index (χ4v) is 1.10. The van der Waals surface area contributed by atoms with Gasteiger partial charge < -0.3 is 5.32 Å². The summed E-state index contributed by atoms with van der Waals surface area (Å²) in [6.07, 6.45) is 0. The number of rotatable bonds is 3. The standard InChI is InChI=1S/C11H21NO2/c1-7(2)9(8(3)13)12-10(14)11(4,5)6/h7,9H,1-6H3,(H,12,14). The lowest BCUT2D eigenvalue weighted by atomic mass is 9.93. The Balaban J connectivity index is 4.48. The highest BCUT2D eigenvalue weighted by molar-refractivity contribution is 5.89. The average molecular weight is 199 g/mol. The van der Waals surface area contributed by atoms with Gasteiger partial charge in [0, 0.05) is 5.41 Å². The predicted octanol–water partition coefficient (Wildman–Crippen LogP) is 1.76. The van der Waals surface area contributed by atoms with Crippen LogP contribution in [0.25, 0.3) is 0 Å². The van der Waals surface area contributed by atoms with Crippen molar-refractivity contribution >= 4 is 11.7 Å². The molecule has 0 heterocycles. The normalized spacial score (nSPS) is 13.9. The van der Waals surface area contributed by atoms with Crippen LogP contribution < -0.4 is 5.32 Å². The monoisotopic (exact) mass is 199 g/mol. The largest absolute Gasteiger partial charge is 0.346 e. The van der Waals surface area contributed by atoms with Crippen LogP contribution in [0.1, 0.15) is 41.5 Å². The maximum atomic E-state index is 11.6. The Morgan fingerprint density at radius 3 is 1.79 bits per heavy atom. The third-order valence-corrected chi connectivity index (χ3v) is 2.07. The van der Waals surface area contributed by atoms with Crippen LogP contribution >= 0.6 is 0 Å². The van der Waals surface area contributed by atoms with Gasteiger partial charge in [0.2, 0.25) is 5.91 Å². The van der Waals surface area contributed by atoms with E-state index in [2.05, 4.69) is 5.32 Å². The molecule has 14 heavy (non-hydrogen) atoms. The molecule has 0 aliphatic heterocycles. The second kappa shape index (κ2) is 4.58. The summed E-state index contributed by atoms with van der Waals surface area (Å²) in [5.41, 5.74) is -0.442. The van der Waals surface area contributed by atoms with Gasteiger partial charge in [-0.3, -0.25) is 9.59 Å². The maximum absolute atomic E-state index is 11.6. The van der Waals surface area contributed by atoms with E-state index in [0.29, 0.717) is 0 Å². The van der Waals surface area contributed by atoms with E-state index in [-0.39, 0.29) is 23.7 Å². The molecule has 3 heteroatoms. The molecule has 1 atom stereocenters. The number of nitrogens with one attached hydrogen (secondary N) is 1. The molecule has 0 aliphatic carbocycles. The number of ketones is 1. The lowest BCUT2D eigenvalue weighted by molar-refractivity contribution is -0.133. The van der Waals surface area contributed by atoms with Gasteiger partial charge in [0.15, 0.2) is 5.78 Å². The van der Waals surface area contributed by atoms with Gasteiger partial charge in [0.05, 0.1) is 6.04 Å². The lowest BCUT2D eigenvalue weighted by Gasteiger charge is -2.24. The van der Waals surface area contributed by atoms with Gasteiger partial charge in [-0.25, -0.2) is 0 Å². The molecule has 0 rings (SSSR count). The summed E-state index contributed by atoms with van der Waals surface area (Å²) in [7, 11) is 0. The zero-order chi connectivity index (χ0) is 11.5. The molecule has 0 spiro atoms. The minimum Gasteiger partial charge on any atom is -0.346 e. The molecule has 0 aromatic carbocycles. The van der Waals surface area contributed by atoms with Crippen LogP contribution in [0.2, 0.25) is 0 Å². The van der Waals surface area contributed by atoms with E-state index in [1.54, 1.807) is 0 Å². The zero-order valence-corrected chi connectivity index (χ0v) is 9.97. The first-order valence-electron chi connectivity index (χ1n) is 4.97. The Hall–Kier alpha value is -0.860. The summed E-state index contributed by atoms with van der Waals surface area (Å²) in [6, 6.07) is -0.360. The Labute approximate surface area is 86.3 Å². The molecule has 0 fully saturated rings. The van der Waals surface area contributed by atoms with Crippen LogP contribution in [-0.4, -0.2) is 17.7 Å². The van der Waals surface area contributed by atoms with E-state index in [4.69, 9.17) is 0 Å². The van der Waals surface area contributed by atoms with Crippen LogP contribution in [0.4, 0.5) is 0 Å². The average Bonchev–Trinajstić information content (AvgIpc) is 1.96. The first kappa shape index (κ1) is 13.1. The fourth-order valence-electron chi connectivity index (χ4n) is 1.10. The number of carbonyl (C=O) groups excluding carboxylic acids is 2. The minimum absolute atomic E-state index is 0.0117. The van der Waals surface area contributed by atoms with Crippen molar-refractivity contribution in [3.63, 3.8) is 0 Å². The van der Waals surface area contributed by atoms with Crippen molar-refractivity contribution in [2.75, 3.05) is 0 Å². The van der Waals surface area contributed by atoms with E-state index in [1.165, 1.54) is 6.92 Å². The first-order chi connectivity index (χ1) is 6.16. The SMILES string of the molecule is CC(=O)C(NC(=O)C(C)(C)C)C(C)C. The van der Waals surface area contributed by atoms with Crippen molar-refractivity contribution in [2.24, 2.45) is 11.3 Å². The van der Waals surface area contributed by atoms with Crippen LogP contribution in [0.15, 0.2) is 0 Å². The molecule has 1 amide bonds. The molecule has 0 aromatic heterocycles. The van der Waals surface area contributed by atoms with Crippen molar-refractivity contribution in [3.8, 4) is 0 Å². The quantitative estimate of drug-likeness (QED) is 0.753. The van der Waals surface area contributed by atoms with Crippen LogP contribution in [-0.2, 0) is 9.59 Å². The highest BCUT2D eigenvalue weighted by Crippen LogP contribution is 2.14. The van der Waals surface area contributed by atoms with E-state index in [0.717, 1.165) is 0 Å². The number of amides is 1. The minimum atomic E-state index is -0.442. The van der Waals surface area contributed by atoms with E-state index < -0.39 is 5.41 Å². The molecule has 1 unspecified atom stereocenters. The Kier molecular flexibility index (Phi) is 4.30. The summed E-state index contributed by atoms with van der Waals surface area (Å²) in [5, 5.41) is 2.77. The Morgan fingerprint density at radius 1 is 1.14 bits per heavy atom. The highest BCUT2D eigenvalue weighted by Gasteiger charge is 2.27. The van der Waals surface area contributed by atoms with E-state index >= 15 is 0 Å². The lowest BCUT2D eigenvalue weighted by Crippen LogP contribution is -2.47. The molecule has 0 radical (unpaired) electrons. The molecule has 0 aliphatic rings. The molecule has 1 N–H and O–H groups in total. The maximum Gasteiger partial charge on any atom is 0.225 e. The van der Waals surface area contributed by atoms with Crippen LogP contribution in [0.5, 0.6) is 0 Å². The van der Waals surface area contributed by atoms with Gasteiger partial charge in [0.1, 0.15) is 0 Å². The molecular weight excluding hydrogens is 178 g/mol. The summed E-state index contributed by atoms with van der Waals surface area (Å²) >= 11 is 0. The van der Waals surface area contributed by atoms with Gasteiger partial charge in [-0.2, -0.15) is 0 Å².